The number of aliphatic hydroxyl groups is 1. The summed E-state index contributed by atoms with van der Waals surface area (Å²) in [5.41, 5.74) is -1.62. The van der Waals surface area contributed by atoms with E-state index in [1.54, 1.807) is 55.5 Å². The Balaban J connectivity index is 1.50. The molecule has 2 aromatic rings. The zero-order valence-corrected chi connectivity index (χ0v) is 15.8. The quantitative estimate of drug-likeness (QED) is 0.727. The summed E-state index contributed by atoms with van der Waals surface area (Å²) in [7, 11) is 0. The van der Waals surface area contributed by atoms with Gasteiger partial charge in [-0.2, -0.15) is 5.26 Å². The molecule has 29 heavy (non-hydrogen) atoms. The van der Waals surface area contributed by atoms with Crippen molar-refractivity contribution in [2.75, 3.05) is 6.61 Å². The Morgan fingerprint density at radius 3 is 2.52 bits per heavy atom. The molecule has 2 aromatic carbocycles. The van der Waals surface area contributed by atoms with Crippen LogP contribution in [0.4, 0.5) is 0 Å². The third-order valence-electron chi connectivity index (χ3n) is 5.90. The predicted molar refractivity (Wildman–Crippen MR) is 102 cm³/mol. The molecule has 0 aliphatic carbocycles. The molecule has 2 aliphatic heterocycles. The molecule has 7 nitrogen and oxygen atoms in total. The Labute approximate surface area is 167 Å². The molecule has 2 N–H and O–H groups in total. The number of fused-ring (bicyclic) bond motifs is 1. The van der Waals surface area contributed by atoms with Crippen LogP contribution in [0.15, 0.2) is 54.6 Å². The fraction of sp³-hybridized carbons (Fsp3) is 0.318. The number of carbonyl (C=O) groups excluding carboxylic acids is 2. The van der Waals surface area contributed by atoms with Gasteiger partial charge in [0.2, 0.25) is 11.4 Å². The number of esters is 1. The van der Waals surface area contributed by atoms with Gasteiger partial charge in [0, 0.05) is 0 Å². The number of benzene rings is 2. The normalized spacial score (nSPS) is 28.4. The molecule has 4 unspecified atom stereocenters. The van der Waals surface area contributed by atoms with E-state index in [2.05, 4.69) is 5.32 Å². The standard InChI is InChI=1S/C22H20N2O5/c1-21-17(11-12-28-16-9-7-14(13-23)8-10-16)19(26)24-22(21,20(27)29-21)18(25)15-5-3-2-4-6-15/h2-10,17-18,25H,11-12H2,1H3,(H,24,26). The lowest BCUT2D eigenvalue weighted by Gasteiger charge is -2.53. The smallest absolute Gasteiger partial charge is 0.339 e. The first-order chi connectivity index (χ1) is 13.9. The molecule has 0 aromatic heterocycles. The lowest BCUT2D eigenvalue weighted by atomic mass is 9.66. The summed E-state index contributed by atoms with van der Waals surface area (Å²) in [5.74, 6) is -1.07. The average molecular weight is 392 g/mol. The van der Waals surface area contributed by atoms with Crippen molar-refractivity contribution in [3.8, 4) is 11.8 Å². The van der Waals surface area contributed by atoms with Crippen LogP contribution in [0.25, 0.3) is 0 Å². The maximum Gasteiger partial charge on any atom is 0.339 e. The SMILES string of the molecule is CC12OC(=O)C1(C(O)c1ccccc1)NC(=O)C2CCOc1ccc(C#N)cc1. The minimum absolute atomic E-state index is 0.217. The van der Waals surface area contributed by atoms with E-state index < -0.39 is 29.1 Å². The molecular weight excluding hydrogens is 372 g/mol. The molecule has 2 aliphatic rings. The van der Waals surface area contributed by atoms with Crippen LogP contribution in [0.2, 0.25) is 0 Å². The second kappa shape index (κ2) is 6.90. The number of nitrogens with zero attached hydrogens (tertiary/aromatic N) is 1. The number of ether oxygens (including phenoxy) is 2. The first-order valence-electron chi connectivity index (χ1n) is 9.34. The fourth-order valence-corrected chi connectivity index (χ4v) is 4.23. The van der Waals surface area contributed by atoms with Gasteiger partial charge in [0.1, 0.15) is 11.9 Å². The van der Waals surface area contributed by atoms with Gasteiger partial charge in [0.05, 0.1) is 24.2 Å². The second-order valence-electron chi connectivity index (χ2n) is 7.43. The highest BCUT2D eigenvalue weighted by Gasteiger charge is 2.79. The van der Waals surface area contributed by atoms with Crippen molar-refractivity contribution in [3.05, 3.63) is 65.7 Å². The second-order valence-corrected chi connectivity index (χ2v) is 7.43. The number of rotatable bonds is 6. The third kappa shape index (κ3) is 2.76. The number of hydrogen-bond acceptors (Lipinski definition) is 6. The summed E-state index contributed by atoms with van der Waals surface area (Å²) in [6, 6.07) is 17.4. The molecule has 2 heterocycles. The predicted octanol–water partition coefficient (Wildman–Crippen LogP) is 1.86. The number of amides is 1. The van der Waals surface area contributed by atoms with Gasteiger partial charge in [-0.3, -0.25) is 4.79 Å². The van der Waals surface area contributed by atoms with E-state index in [-0.39, 0.29) is 12.5 Å². The molecule has 148 valence electrons. The van der Waals surface area contributed by atoms with Gasteiger partial charge in [-0.1, -0.05) is 30.3 Å². The Morgan fingerprint density at radius 1 is 1.21 bits per heavy atom. The van der Waals surface area contributed by atoms with Gasteiger partial charge in [0.15, 0.2) is 5.60 Å². The van der Waals surface area contributed by atoms with Gasteiger partial charge in [-0.05, 0) is 43.2 Å². The van der Waals surface area contributed by atoms with Crippen molar-refractivity contribution in [2.24, 2.45) is 5.92 Å². The average Bonchev–Trinajstić information content (AvgIpc) is 2.92. The van der Waals surface area contributed by atoms with Gasteiger partial charge in [0.25, 0.3) is 0 Å². The number of hydrogen-bond donors (Lipinski definition) is 2. The fourth-order valence-electron chi connectivity index (χ4n) is 4.23. The van der Waals surface area contributed by atoms with Gasteiger partial charge in [-0.15, -0.1) is 0 Å². The van der Waals surface area contributed by atoms with Gasteiger partial charge in [-0.25, -0.2) is 4.79 Å². The number of nitrogens with one attached hydrogen (secondary N) is 1. The van der Waals surface area contributed by atoms with E-state index >= 15 is 0 Å². The Morgan fingerprint density at radius 2 is 1.90 bits per heavy atom. The van der Waals surface area contributed by atoms with Crippen LogP contribution in [0.1, 0.15) is 30.6 Å². The molecule has 4 atom stereocenters. The summed E-state index contributed by atoms with van der Waals surface area (Å²) in [5, 5.41) is 22.5. The van der Waals surface area contributed by atoms with E-state index in [0.717, 1.165) is 0 Å². The van der Waals surface area contributed by atoms with Crippen molar-refractivity contribution < 1.29 is 24.2 Å². The highest BCUT2D eigenvalue weighted by Crippen LogP contribution is 2.55. The number of carbonyl (C=O) groups is 2. The molecule has 2 saturated heterocycles. The molecular formula is C22H20N2O5. The molecule has 1 amide bonds. The molecule has 0 spiro atoms. The van der Waals surface area contributed by atoms with Crippen LogP contribution in [0.3, 0.4) is 0 Å². The van der Waals surface area contributed by atoms with Crippen LogP contribution in [-0.4, -0.2) is 34.7 Å². The van der Waals surface area contributed by atoms with Crippen LogP contribution in [0, 0.1) is 17.2 Å². The topological polar surface area (TPSA) is 109 Å². The zero-order valence-electron chi connectivity index (χ0n) is 15.8. The lowest BCUT2D eigenvalue weighted by molar-refractivity contribution is -0.236. The van der Waals surface area contributed by atoms with E-state index in [4.69, 9.17) is 14.7 Å². The first-order valence-corrected chi connectivity index (χ1v) is 9.34. The molecule has 4 rings (SSSR count). The lowest BCUT2D eigenvalue weighted by Crippen LogP contribution is -2.76. The van der Waals surface area contributed by atoms with Crippen molar-refractivity contribution >= 4 is 11.9 Å². The maximum atomic E-state index is 12.7. The van der Waals surface area contributed by atoms with Crippen molar-refractivity contribution in [2.45, 2.75) is 30.6 Å². The van der Waals surface area contributed by atoms with Gasteiger partial charge < -0.3 is 19.9 Å². The monoisotopic (exact) mass is 392 g/mol. The van der Waals surface area contributed by atoms with E-state index in [9.17, 15) is 14.7 Å². The molecule has 7 heteroatoms. The van der Waals surface area contributed by atoms with Crippen molar-refractivity contribution in [3.63, 3.8) is 0 Å². The summed E-state index contributed by atoms with van der Waals surface area (Å²) in [6.07, 6.45) is -0.915. The molecule has 0 saturated carbocycles. The third-order valence-corrected chi connectivity index (χ3v) is 5.90. The Bertz CT molecular complexity index is 985. The number of nitriles is 1. The maximum absolute atomic E-state index is 12.7. The number of aliphatic hydroxyl groups excluding tert-OH is 1. The van der Waals surface area contributed by atoms with Crippen molar-refractivity contribution in [1.82, 2.24) is 5.32 Å². The largest absolute Gasteiger partial charge is 0.494 e. The van der Waals surface area contributed by atoms with Crippen molar-refractivity contribution in [1.29, 1.82) is 5.26 Å². The molecule has 0 bridgehead atoms. The van der Waals surface area contributed by atoms with Crippen LogP contribution in [-0.2, 0) is 14.3 Å². The summed E-state index contributed by atoms with van der Waals surface area (Å²) in [4.78, 5) is 25.2. The van der Waals surface area contributed by atoms with E-state index in [1.165, 1.54) is 0 Å². The summed E-state index contributed by atoms with van der Waals surface area (Å²) in [6.45, 7) is 1.89. The van der Waals surface area contributed by atoms with Crippen LogP contribution < -0.4 is 10.1 Å². The Kier molecular flexibility index (Phi) is 4.52. The summed E-state index contributed by atoms with van der Waals surface area (Å²) < 4.78 is 11.1. The first kappa shape index (κ1) is 19.0. The Hall–Kier alpha value is -3.37. The molecule has 0 radical (unpaired) electrons. The van der Waals surface area contributed by atoms with Gasteiger partial charge >= 0.3 is 5.97 Å². The zero-order chi connectivity index (χ0) is 20.6. The minimum atomic E-state index is -1.51. The highest BCUT2D eigenvalue weighted by molar-refractivity contribution is 6.02. The highest BCUT2D eigenvalue weighted by atomic mass is 16.6. The minimum Gasteiger partial charge on any atom is -0.494 e. The van der Waals surface area contributed by atoms with E-state index in [1.807, 2.05) is 12.1 Å². The molecule has 2 fully saturated rings. The van der Waals surface area contributed by atoms with Crippen LogP contribution >= 0.6 is 0 Å². The summed E-state index contributed by atoms with van der Waals surface area (Å²) >= 11 is 0. The van der Waals surface area contributed by atoms with E-state index in [0.29, 0.717) is 23.3 Å². The van der Waals surface area contributed by atoms with Crippen LogP contribution in [0.5, 0.6) is 5.75 Å².